The number of imidazole rings is 1. The predicted octanol–water partition coefficient (Wildman–Crippen LogP) is 3.26. The molecule has 0 saturated heterocycles. The summed E-state index contributed by atoms with van der Waals surface area (Å²) >= 11 is 0. The Kier molecular flexibility index (Phi) is 8.93. The van der Waals surface area contributed by atoms with Crippen LogP contribution in [0.2, 0.25) is 0 Å². The number of nitrogens with zero attached hydrogens (tertiary/aromatic N) is 3. The number of rotatable bonds is 9. The molecular formula is C23H35N5OS. The molecule has 1 aliphatic rings. The van der Waals surface area contributed by atoms with Gasteiger partial charge in [0.2, 0.25) is 0 Å². The highest BCUT2D eigenvalue weighted by molar-refractivity contribution is 7.85. The number of hydrogen-bond donors (Lipinski definition) is 2. The first-order valence-electron chi connectivity index (χ1n) is 11.2. The molecule has 3 atom stereocenters. The highest BCUT2D eigenvalue weighted by atomic mass is 32.2. The molecule has 7 heteroatoms. The van der Waals surface area contributed by atoms with Gasteiger partial charge >= 0.3 is 0 Å². The molecule has 0 spiro atoms. The number of aryl methyl sites for hydroxylation is 2. The summed E-state index contributed by atoms with van der Waals surface area (Å²) in [4.78, 5) is 9.30. The number of hydrogen-bond acceptors (Lipinski definition) is 3. The Hall–Kier alpha value is -2.15. The molecule has 1 heterocycles. The highest BCUT2D eigenvalue weighted by Crippen LogP contribution is 2.23. The van der Waals surface area contributed by atoms with E-state index in [9.17, 15) is 4.21 Å². The first kappa shape index (κ1) is 22.5. The summed E-state index contributed by atoms with van der Waals surface area (Å²) in [5.74, 6) is 2.54. The zero-order valence-electron chi connectivity index (χ0n) is 18.2. The quantitative estimate of drug-likeness (QED) is 0.474. The minimum Gasteiger partial charge on any atom is -0.357 e. The average molecular weight is 430 g/mol. The normalized spacial score (nSPS) is 20.7. The van der Waals surface area contributed by atoms with Gasteiger partial charge in [0.1, 0.15) is 12.4 Å². The second kappa shape index (κ2) is 11.9. The summed E-state index contributed by atoms with van der Waals surface area (Å²) < 4.78 is 14.4. The molecule has 164 valence electrons. The maximum absolute atomic E-state index is 12.2. The van der Waals surface area contributed by atoms with Crippen LogP contribution in [0.25, 0.3) is 0 Å². The number of nitrogens with one attached hydrogen (secondary N) is 2. The predicted molar refractivity (Wildman–Crippen MR) is 125 cm³/mol. The summed E-state index contributed by atoms with van der Waals surface area (Å²) in [5.41, 5.74) is 1.33. The second-order valence-corrected chi connectivity index (χ2v) is 9.77. The minimum absolute atomic E-state index is 0.306. The van der Waals surface area contributed by atoms with Crippen LogP contribution in [-0.2, 0) is 30.3 Å². The van der Waals surface area contributed by atoms with Crippen LogP contribution in [0.15, 0.2) is 47.7 Å². The fourth-order valence-corrected chi connectivity index (χ4v) is 5.35. The van der Waals surface area contributed by atoms with Gasteiger partial charge in [0.15, 0.2) is 5.96 Å². The van der Waals surface area contributed by atoms with Crippen LogP contribution >= 0.6 is 0 Å². The molecule has 6 nitrogen and oxygen atoms in total. The standard InChI is InChI=1S/C23H35N5OS/c1-3-24-23(27-20-11-8-12-21(17-20)30(29)4-2)26-18-22-25-14-16-28(22)15-13-19-9-6-5-7-10-19/h5-7,9-10,14,16,20-21H,3-4,8,11-13,15,17-18H2,1-2H3,(H2,24,26,27). The zero-order valence-corrected chi connectivity index (χ0v) is 19.0. The van der Waals surface area contributed by atoms with Crippen molar-refractivity contribution in [3.8, 4) is 0 Å². The average Bonchev–Trinajstić information content (AvgIpc) is 3.24. The Bertz CT molecular complexity index is 820. The van der Waals surface area contributed by atoms with Crippen molar-refractivity contribution in [2.45, 2.75) is 70.3 Å². The van der Waals surface area contributed by atoms with Crippen molar-refractivity contribution in [1.29, 1.82) is 0 Å². The maximum Gasteiger partial charge on any atom is 0.191 e. The molecule has 1 aliphatic carbocycles. The van der Waals surface area contributed by atoms with Crippen LogP contribution in [0.4, 0.5) is 0 Å². The van der Waals surface area contributed by atoms with Crippen LogP contribution < -0.4 is 10.6 Å². The topological polar surface area (TPSA) is 71.3 Å². The van der Waals surface area contributed by atoms with E-state index in [1.165, 1.54) is 5.56 Å². The lowest BCUT2D eigenvalue weighted by atomic mass is 9.95. The van der Waals surface area contributed by atoms with E-state index in [-0.39, 0.29) is 0 Å². The van der Waals surface area contributed by atoms with Gasteiger partial charge in [0.25, 0.3) is 0 Å². The van der Waals surface area contributed by atoms with Crippen molar-refractivity contribution in [3.05, 3.63) is 54.1 Å². The van der Waals surface area contributed by atoms with Gasteiger partial charge in [-0.15, -0.1) is 0 Å². The van der Waals surface area contributed by atoms with E-state index in [0.717, 1.165) is 62.7 Å². The molecule has 1 aromatic carbocycles. The van der Waals surface area contributed by atoms with Crippen molar-refractivity contribution in [3.63, 3.8) is 0 Å². The van der Waals surface area contributed by atoms with Gasteiger partial charge in [0, 0.05) is 53.3 Å². The lowest BCUT2D eigenvalue weighted by Crippen LogP contribution is -2.46. The van der Waals surface area contributed by atoms with Crippen LogP contribution in [-0.4, -0.2) is 43.3 Å². The first-order valence-corrected chi connectivity index (χ1v) is 12.5. The highest BCUT2D eigenvalue weighted by Gasteiger charge is 2.26. The molecule has 2 N–H and O–H groups in total. The van der Waals surface area contributed by atoms with Crippen molar-refractivity contribution in [2.24, 2.45) is 4.99 Å². The van der Waals surface area contributed by atoms with Gasteiger partial charge in [0.05, 0.1) is 0 Å². The van der Waals surface area contributed by atoms with Crippen LogP contribution in [0, 0.1) is 0 Å². The Morgan fingerprint density at radius 2 is 2.10 bits per heavy atom. The van der Waals surface area contributed by atoms with Crippen LogP contribution in [0.3, 0.4) is 0 Å². The van der Waals surface area contributed by atoms with E-state index in [1.54, 1.807) is 0 Å². The molecule has 1 aromatic heterocycles. The summed E-state index contributed by atoms with van der Waals surface area (Å²) in [5, 5.41) is 7.23. The SMILES string of the molecule is CCNC(=NCc1nccn1CCc1ccccc1)NC1CCCC(S(=O)CC)C1. The van der Waals surface area contributed by atoms with Gasteiger partial charge in [-0.3, -0.25) is 4.21 Å². The summed E-state index contributed by atoms with van der Waals surface area (Å²) in [6.07, 6.45) is 9.11. The Balaban J connectivity index is 1.58. The number of aromatic nitrogens is 2. The van der Waals surface area contributed by atoms with Crippen molar-refractivity contribution in [1.82, 2.24) is 20.2 Å². The lowest BCUT2D eigenvalue weighted by Gasteiger charge is -2.30. The maximum atomic E-state index is 12.2. The third-order valence-electron chi connectivity index (χ3n) is 5.63. The molecule has 0 amide bonds. The van der Waals surface area contributed by atoms with E-state index >= 15 is 0 Å². The minimum atomic E-state index is -0.716. The lowest BCUT2D eigenvalue weighted by molar-refractivity contribution is 0.413. The van der Waals surface area contributed by atoms with Crippen molar-refractivity contribution >= 4 is 16.8 Å². The van der Waals surface area contributed by atoms with Crippen molar-refractivity contribution < 1.29 is 4.21 Å². The smallest absolute Gasteiger partial charge is 0.191 e. The van der Waals surface area contributed by atoms with Crippen LogP contribution in [0.5, 0.6) is 0 Å². The third kappa shape index (κ3) is 6.69. The summed E-state index contributed by atoms with van der Waals surface area (Å²) in [6, 6.07) is 10.8. The number of guanidine groups is 1. The third-order valence-corrected chi connectivity index (χ3v) is 7.37. The second-order valence-electron chi connectivity index (χ2n) is 7.77. The molecule has 1 saturated carbocycles. The molecule has 3 rings (SSSR count). The monoisotopic (exact) mass is 429 g/mol. The van der Waals surface area contributed by atoms with E-state index < -0.39 is 10.8 Å². The molecule has 0 radical (unpaired) electrons. The molecule has 1 fully saturated rings. The van der Waals surface area contributed by atoms with E-state index in [4.69, 9.17) is 4.99 Å². The van der Waals surface area contributed by atoms with Gasteiger partial charge in [-0.2, -0.15) is 0 Å². The molecule has 30 heavy (non-hydrogen) atoms. The fraction of sp³-hybridized carbons (Fsp3) is 0.565. The van der Waals surface area contributed by atoms with E-state index in [2.05, 4.69) is 51.4 Å². The molecule has 0 bridgehead atoms. The Labute approximate surface area is 183 Å². The van der Waals surface area contributed by atoms with Gasteiger partial charge in [-0.1, -0.05) is 43.7 Å². The van der Waals surface area contributed by atoms with Crippen molar-refractivity contribution in [2.75, 3.05) is 12.3 Å². The summed E-state index contributed by atoms with van der Waals surface area (Å²) in [6.45, 7) is 6.33. The summed E-state index contributed by atoms with van der Waals surface area (Å²) in [7, 11) is -0.716. The fourth-order valence-electron chi connectivity index (χ4n) is 4.00. The molecule has 0 aliphatic heterocycles. The number of benzene rings is 1. The van der Waals surface area contributed by atoms with Crippen LogP contribution in [0.1, 0.15) is 50.9 Å². The Morgan fingerprint density at radius 1 is 1.27 bits per heavy atom. The molecule has 3 unspecified atom stereocenters. The first-order chi connectivity index (χ1) is 14.7. The Morgan fingerprint density at radius 3 is 2.87 bits per heavy atom. The van der Waals surface area contributed by atoms with E-state index in [0.29, 0.717) is 17.8 Å². The van der Waals surface area contributed by atoms with E-state index in [1.807, 2.05) is 25.4 Å². The largest absolute Gasteiger partial charge is 0.357 e. The number of aliphatic imine (C=N–C) groups is 1. The van der Waals surface area contributed by atoms with Gasteiger partial charge < -0.3 is 15.2 Å². The van der Waals surface area contributed by atoms with Gasteiger partial charge in [-0.05, 0) is 38.2 Å². The zero-order chi connectivity index (χ0) is 21.2. The molecular weight excluding hydrogens is 394 g/mol. The van der Waals surface area contributed by atoms with Gasteiger partial charge in [-0.25, -0.2) is 9.98 Å². The molecule has 2 aromatic rings.